The van der Waals surface area contributed by atoms with Crippen LogP contribution in [0.4, 0.5) is 5.69 Å². The van der Waals surface area contributed by atoms with E-state index in [0.29, 0.717) is 18.2 Å². The second kappa shape index (κ2) is 10.6. The van der Waals surface area contributed by atoms with Gasteiger partial charge in [0.2, 0.25) is 11.8 Å². The Bertz CT molecular complexity index is 795. The molecule has 3 rings (SSSR count). The van der Waals surface area contributed by atoms with Crippen molar-refractivity contribution in [3.8, 4) is 11.6 Å². The molecule has 0 spiro atoms. The summed E-state index contributed by atoms with van der Waals surface area (Å²) in [6, 6.07) is 11.3. The minimum Gasteiger partial charge on any atom is -0.494 e. The first-order valence-electron chi connectivity index (χ1n) is 10.2. The Morgan fingerprint density at radius 1 is 1.21 bits per heavy atom. The molecule has 2 heterocycles. The normalized spacial score (nSPS) is 15.4. The maximum absolute atomic E-state index is 12.1. The van der Waals surface area contributed by atoms with E-state index >= 15 is 0 Å². The predicted molar refractivity (Wildman–Crippen MR) is 115 cm³/mol. The van der Waals surface area contributed by atoms with Crippen molar-refractivity contribution in [1.29, 1.82) is 0 Å². The zero-order valence-corrected chi connectivity index (χ0v) is 17.1. The fraction of sp³-hybridized carbons (Fsp3) is 0.391. The Morgan fingerprint density at radius 3 is 2.62 bits per heavy atom. The van der Waals surface area contributed by atoms with Gasteiger partial charge in [-0.2, -0.15) is 0 Å². The van der Waals surface area contributed by atoms with Gasteiger partial charge < -0.3 is 19.7 Å². The first kappa shape index (κ1) is 20.9. The highest BCUT2D eigenvalue weighted by Gasteiger charge is 2.18. The molecule has 1 N–H and O–H groups in total. The lowest BCUT2D eigenvalue weighted by Crippen LogP contribution is -2.35. The molecule has 0 saturated carbocycles. The number of hydrogen-bond acceptors (Lipinski definition) is 5. The summed E-state index contributed by atoms with van der Waals surface area (Å²) < 4.78 is 11.5. The SMILES string of the molecule is CCCOc1ccc(/C=C/C(=O)Nc2ccc(OC3CCN(C)CC3)nc2)cc1. The van der Waals surface area contributed by atoms with Gasteiger partial charge in [0, 0.05) is 25.2 Å². The smallest absolute Gasteiger partial charge is 0.248 e. The number of carbonyl (C=O) groups excluding carboxylic acids is 1. The molecule has 0 atom stereocenters. The highest BCUT2D eigenvalue weighted by Crippen LogP contribution is 2.18. The summed E-state index contributed by atoms with van der Waals surface area (Å²) in [6.45, 7) is 4.86. The van der Waals surface area contributed by atoms with Gasteiger partial charge in [0.1, 0.15) is 11.9 Å². The van der Waals surface area contributed by atoms with Gasteiger partial charge in [-0.15, -0.1) is 0 Å². The molecule has 29 heavy (non-hydrogen) atoms. The number of aromatic nitrogens is 1. The fourth-order valence-corrected chi connectivity index (χ4v) is 3.05. The number of amides is 1. The number of piperidine rings is 1. The van der Waals surface area contributed by atoms with Crippen LogP contribution in [0.3, 0.4) is 0 Å². The summed E-state index contributed by atoms with van der Waals surface area (Å²) in [5.74, 6) is 1.22. The van der Waals surface area contributed by atoms with Gasteiger partial charge in [-0.25, -0.2) is 4.98 Å². The first-order chi connectivity index (χ1) is 14.1. The Morgan fingerprint density at radius 2 is 1.97 bits per heavy atom. The van der Waals surface area contributed by atoms with Crippen LogP contribution in [0.25, 0.3) is 6.08 Å². The molecule has 0 radical (unpaired) electrons. The Balaban J connectivity index is 1.46. The number of pyridine rings is 1. The van der Waals surface area contributed by atoms with E-state index in [4.69, 9.17) is 9.47 Å². The highest BCUT2D eigenvalue weighted by atomic mass is 16.5. The standard InChI is InChI=1S/C23H29N3O3/c1-3-16-28-20-8-4-18(5-9-20)6-10-22(27)25-19-7-11-23(24-17-19)29-21-12-14-26(2)15-13-21/h4-11,17,21H,3,12-16H2,1-2H3,(H,25,27)/b10-6+. The number of likely N-dealkylation sites (tertiary alicyclic amines) is 1. The molecule has 6 heteroatoms. The van der Waals surface area contributed by atoms with Gasteiger partial charge in [-0.05, 0) is 56.1 Å². The average Bonchev–Trinajstić information content (AvgIpc) is 2.74. The van der Waals surface area contributed by atoms with E-state index in [2.05, 4.69) is 29.2 Å². The molecule has 0 bridgehead atoms. The van der Waals surface area contributed by atoms with Gasteiger partial charge in [0.25, 0.3) is 0 Å². The summed E-state index contributed by atoms with van der Waals surface area (Å²) in [7, 11) is 2.12. The van der Waals surface area contributed by atoms with E-state index in [0.717, 1.165) is 43.7 Å². The molecule has 1 aliphatic heterocycles. The molecular formula is C23H29N3O3. The van der Waals surface area contributed by atoms with E-state index in [9.17, 15) is 4.79 Å². The Kier molecular flexibility index (Phi) is 7.64. The number of carbonyl (C=O) groups is 1. The largest absolute Gasteiger partial charge is 0.494 e. The fourth-order valence-electron chi connectivity index (χ4n) is 3.05. The van der Waals surface area contributed by atoms with E-state index in [1.54, 1.807) is 18.3 Å². The molecule has 1 aliphatic rings. The van der Waals surface area contributed by atoms with Crippen LogP contribution < -0.4 is 14.8 Å². The first-order valence-corrected chi connectivity index (χ1v) is 10.2. The number of nitrogens with zero attached hydrogens (tertiary/aromatic N) is 2. The van der Waals surface area contributed by atoms with E-state index in [-0.39, 0.29) is 12.0 Å². The minimum atomic E-state index is -0.206. The molecule has 0 unspecified atom stereocenters. The van der Waals surface area contributed by atoms with Crippen molar-refractivity contribution in [2.45, 2.75) is 32.3 Å². The van der Waals surface area contributed by atoms with Gasteiger partial charge in [-0.1, -0.05) is 19.1 Å². The number of nitrogens with one attached hydrogen (secondary N) is 1. The number of rotatable bonds is 8. The van der Waals surface area contributed by atoms with Crippen LogP contribution in [0.15, 0.2) is 48.7 Å². The van der Waals surface area contributed by atoms with Crippen molar-refractivity contribution < 1.29 is 14.3 Å². The second-order valence-electron chi connectivity index (χ2n) is 7.25. The molecule has 1 aromatic heterocycles. The van der Waals surface area contributed by atoms with Crippen molar-refractivity contribution >= 4 is 17.7 Å². The number of ether oxygens (including phenoxy) is 2. The van der Waals surface area contributed by atoms with Crippen molar-refractivity contribution in [2.24, 2.45) is 0 Å². The molecule has 1 aromatic carbocycles. The summed E-state index contributed by atoms with van der Waals surface area (Å²) in [4.78, 5) is 18.7. The molecule has 1 saturated heterocycles. The quantitative estimate of drug-likeness (QED) is 0.685. The van der Waals surface area contributed by atoms with Crippen molar-refractivity contribution in [2.75, 3.05) is 32.1 Å². The van der Waals surface area contributed by atoms with Crippen LogP contribution in [-0.4, -0.2) is 48.6 Å². The number of benzene rings is 1. The van der Waals surface area contributed by atoms with Crippen LogP contribution in [0.5, 0.6) is 11.6 Å². The zero-order chi connectivity index (χ0) is 20.5. The third kappa shape index (κ3) is 6.91. The van der Waals surface area contributed by atoms with E-state index < -0.39 is 0 Å². The maximum atomic E-state index is 12.1. The van der Waals surface area contributed by atoms with Gasteiger partial charge >= 0.3 is 0 Å². The zero-order valence-electron chi connectivity index (χ0n) is 17.1. The van der Waals surface area contributed by atoms with Crippen LogP contribution >= 0.6 is 0 Å². The molecule has 6 nitrogen and oxygen atoms in total. The molecular weight excluding hydrogens is 366 g/mol. The molecule has 1 fully saturated rings. The lowest BCUT2D eigenvalue weighted by atomic mass is 10.1. The Hall–Kier alpha value is -2.86. The van der Waals surface area contributed by atoms with Gasteiger partial charge in [0.05, 0.1) is 18.5 Å². The van der Waals surface area contributed by atoms with Crippen LogP contribution in [0.1, 0.15) is 31.7 Å². The number of anilines is 1. The molecule has 1 amide bonds. The topological polar surface area (TPSA) is 63.7 Å². The van der Waals surface area contributed by atoms with Crippen LogP contribution in [0.2, 0.25) is 0 Å². The van der Waals surface area contributed by atoms with E-state index in [1.165, 1.54) is 6.08 Å². The second-order valence-corrected chi connectivity index (χ2v) is 7.25. The summed E-state index contributed by atoms with van der Waals surface area (Å²) in [5, 5.41) is 2.81. The third-order valence-electron chi connectivity index (χ3n) is 4.74. The lowest BCUT2D eigenvalue weighted by molar-refractivity contribution is -0.111. The Labute approximate surface area is 172 Å². The maximum Gasteiger partial charge on any atom is 0.248 e. The van der Waals surface area contributed by atoms with E-state index in [1.807, 2.05) is 30.3 Å². The lowest BCUT2D eigenvalue weighted by Gasteiger charge is -2.28. The number of hydrogen-bond donors (Lipinski definition) is 1. The van der Waals surface area contributed by atoms with Crippen molar-refractivity contribution in [3.05, 3.63) is 54.2 Å². The average molecular weight is 396 g/mol. The third-order valence-corrected chi connectivity index (χ3v) is 4.74. The monoisotopic (exact) mass is 395 g/mol. The van der Waals surface area contributed by atoms with Crippen molar-refractivity contribution in [1.82, 2.24) is 9.88 Å². The summed E-state index contributed by atoms with van der Waals surface area (Å²) >= 11 is 0. The van der Waals surface area contributed by atoms with Crippen LogP contribution in [0, 0.1) is 0 Å². The summed E-state index contributed by atoms with van der Waals surface area (Å²) in [6.07, 6.45) is 8.09. The predicted octanol–water partition coefficient (Wildman–Crippen LogP) is 4.00. The summed E-state index contributed by atoms with van der Waals surface area (Å²) in [5.41, 5.74) is 1.57. The minimum absolute atomic E-state index is 0.206. The molecule has 0 aliphatic carbocycles. The molecule has 154 valence electrons. The molecule has 2 aromatic rings. The van der Waals surface area contributed by atoms with Gasteiger partial charge in [-0.3, -0.25) is 4.79 Å². The highest BCUT2D eigenvalue weighted by molar-refractivity contribution is 6.01. The van der Waals surface area contributed by atoms with Crippen LogP contribution in [-0.2, 0) is 4.79 Å². The van der Waals surface area contributed by atoms with Gasteiger partial charge in [0.15, 0.2) is 0 Å². The van der Waals surface area contributed by atoms with Crippen molar-refractivity contribution in [3.63, 3.8) is 0 Å².